The number of aliphatic hydroxyl groups excluding tert-OH is 1. The number of hydrogen-bond donors (Lipinski definition) is 2. The molecule has 1 fully saturated rings. The Kier molecular flexibility index (Phi) is 5.46. The Bertz CT molecular complexity index is 1010. The zero-order valence-electron chi connectivity index (χ0n) is 16.3. The number of fused-ring (bicyclic) bond motifs is 1. The number of nitrogens with zero attached hydrogens (tertiary/aromatic N) is 2. The summed E-state index contributed by atoms with van der Waals surface area (Å²) in [5, 5.41) is 9.31. The predicted molar refractivity (Wildman–Crippen MR) is 105 cm³/mol. The van der Waals surface area contributed by atoms with Crippen molar-refractivity contribution in [3.05, 3.63) is 47.2 Å². The van der Waals surface area contributed by atoms with Crippen LogP contribution in [0.25, 0.3) is 0 Å². The molecule has 2 N–H and O–H groups in total. The van der Waals surface area contributed by atoms with Crippen LogP contribution in [0.2, 0.25) is 0 Å². The van der Waals surface area contributed by atoms with Crippen LogP contribution >= 0.6 is 0 Å². The Morgan fingerprint density at radius 3 is 2.90 bits per heavy atom. The van der Waals surface area contributed by atoms with Gasteiger partial charge in [0.05, 0.1) is 11.0 Å². The van der Waals surface area contributed by atoms with Gasteiger partial charge in [0.1, 0.15) is 5.76 Å². The molecule has 156 valence electrons. The summed E-state index contributed by atoms with van der Waals surface area (Å²) in [6.07, 6.45) is 3.78. The third-order valence-electron chi connectivity index (χ3n) is 5.39. The van der Waals surface area contributed by atoms with Crippen molar-refractivity contribution < 1.29 is 22.7 Å². The van der Waals surface area contributed by atoms with E-state index >= 15 is 0 Å². The Hall–Kier alpha value is -2.23. The van der Waals surface area contributed by atoms with E-state index in [0.29, 0.717) is 37.4 Å². The van der Waals surface area contributed by atoms with E-state index in [1.165, 1.54) is 6.39 Å². The normalized spacial score (nSPS) is 17.8. The van der Waals surface area contributed by atoms with Gasteiger partial charge in [0.2, 0.25) is 10.0 Å². The fourth-order valence-corrected chi connectivity index (χ4v) is 4.66. The fraction of sp³-hybridized carbons (Fsp3) is 0.500. The monoisotopic (exact) mass is 419 g/mol. The van der Waals surface area contributed by atoms with Gasteiger partial charge in [-0.1, -0.05) is 6.07 Å². The summed E-state index contributed by atoms with van der Waals surface area (Å²) < 4.78 is 33.0. The van der Waals surface area contributed by atoms with Crippen LogP contribution in [0, 0.1) is 0 Å². The molecule has 1 aromatic carbocycles. The van der Waals surface area contributed by atoms with Crippen LogP contribution in [-0.2, 0) is 23.0 Å². The van der Waals surface area contributed by atoms with E-state index in [1.807, 2.05) is 6.07 Å². The van der Waals surface area contributed by atoms with Crippen LogP contribution in [0.4, 0.5) is 0 Å². The highest BCUT2D eigenvalue weighted by atomic mass is 32.2. The van der Waals surface area contributed by atoms with Crippen LogP contribution in [0.15, 0.2) is 33.9 Å². The summed E-state index contributed by atoms with van der Waals surface area (Å²) in [5.74, 6) is 0.784. The van der Waals surface area contributed by atoms with Gasteiger partial charge in [0, 0.05) is 25.6 Å². The molecule has 1 aliphatic heterocycles. The number of hydrogen-bond acceptors (Lipinski definition) is 6. The molecule has 1 aliphatic carbocycles. The summed E-state index contributed by atoms with van der Waals surface area (Å²) in [6.45, 7) is 2.67. The molecular weight excluding hydrogens is 394 g/mol. The van der Waals surface area contributed by atoms with Crippen LogP contribution < -0.4 is 4.72 Å². The molecule has 4 rings (SSSR count). The summed E-state index contributed by atoms with van der Waals surface area (Å²) >= 11 is 0. The van der Waals surface area contributed by atoms with Crippen molar-refractivity contribution in [3.63, 3.8) is 0 Å². The minimum atomic E-state index is -3.67. The maximum absolute atomic E-state index is 13.0. The second kappa shape index (κ2) is 7.89. The molecule has 1 saturated carbocycles. The van der Waals surface area contributed by atoms with Crippen molar-refractivity contribution in [2.24, 2.45) is 0 Å². The van der Waals surface area contributed by atoms with Crippen molar-refractivity contribution >= 4 is 15.9 Å². The third-order valence-corrected chi connectivity index (χ3v) is 6.85. The number of sulfonamides is 1. The van der Waals surface area contributed by atoms with Gasteiger partial charge in [0.25, 0.3) is 5.91 Å². The van der Waals surface area contributed by atoms with E-state index in [4.69, 9.17) is 4.42 Å². The topological polar surface area (TPSA) is 113 Å². The van der Waals surface area contributed by atoms with Crippen molar-refractivity contribution in [2.45, 2.75) is 56.1 Å². The van der Waals surface area contributed by atoms with Gasteiger partial charge in [-0.25, -0.2) is 18.1 Å². The first-order valence-corrected chi connectivity index (χ1v) is 11.4. The van der Waals surface area contributed by atoms with Gasteiger partial charge in [-0.2, -0.15) is 0 Å². The zero-order chi connectivity index (χ0) is 20.6. The Morgan fingerprint density at radius 2 is 2.17 bits per heavy atom. The highest BCUT2D eigenvalue weighted by molar-refractivity contribution is 7.89. The SMILES string of the molecule is CC(O)CCNS(=O)(=O)c1ccc2c(c1)CN(C(=O)c1ncoc1C1CC1)CC2. The van der Waals surface area contributed by atoms with E-state index in [-0.39, 0.29) is 23.3 Å². The fourth-order valence-electron chi connectivity index (χ4n) is 3.56. The number of oxazole rings is 1. The summed E-state index contributed by atoms with van der Waals surface area (Å²) in [6, 6.07) is 5.03. The quantitative estimate of drug-likeness (QED) is 0.708. The van der Waals surface area contributed by atoms with Crippen LogP contribution in [0.1, 0.15) is 59.5 Å². The predicted octanol–water partition coefficient (Wildman–Crippen LogP) is 1.80. The first kappa shape index (κ1) is 20.1. The molecule has 1 amide bonds. The number of nitrogens with one attached hydrogen (secondary N) is 1. The highest BCUT2D eigenvalue weighted by Gasteiger charge is 2.34. The summed E-state index contributed by atoms with van der Waals surface area (Å²) in [7, 11) is -3.67. The molecule has 1 atom stereocenters. The lowest BCUT2D eigenvalue weighted by Crippen LogP contribution is -2.36. The average Bonchev–Trinajstić information content (AvgIpc) is 3.42. The second-order valence-corrected chi connectivity index (χ2v) is 9.55. The van der Waals surface area contributed by atoms with Crippen molar-refractivity contribution in [2.75, 3.05) is 13.1 Å². The number of amides is 1. The lowest BCUT2D eigenvalue weighted by molar-refractivity contribution is 0.0727. The average molecular weight is 420 g/mol. The van der Waals surface area contributed by atoms with Crippen LogP contribution in [-0.4, -0.2) is 48.5 Å². The van der Waals surface area contributed by atoms with Gasteiger partial charge in [-0.05, 0) is 55.9 Å². The smallest absolute Gasteiger partial charge is 0.276 e. The summed E-state index contributed by atoms with van der Waals surface area (Å²) in [4.78, 5) is 18.9. The number of carbonyl (C=O) groups excluding carboxylic acids is 1. The molecule has 2 heterocycles. The first-order valence-electron chi connectivity index (χ1n) is 9.87. The van der Waals surface area contributed by atoms with Crippen LogP contribution in [0.3, 0.4) is 0 Å². The Morgan fingerprint density at radius 1 is 1.38 bits per heavy atom. The number of rotatable bonds is 7. The highest BCUT2D eigenvalue weighted by Crippen LogP contribution is 2.41. The van der Waals surface area contributed by atoms with Gasteiger partial charge >= 0.3 is 0 Å². The molecule has 2 aromatic rings. The number of aromatic nitrogens is 1. The molecule has 0 bridgehead atoms. The Balaban J connectivity index is 1.50. The van der Waals surface area contributed by atoms with Crippen molar-refractivity contribution in [3.8, 4) is 0 Å². The van der Waals surface area contributed by atoms with Gasteiger partial charge in [-0.3, -0.25) is 4.79 Å². The largest absolute Gasteiger partial charge is 0.447 e. The molecule has 1 aromatic heterocycles. The lowest BCUT2D eigenvalue weighted by atomic mass is 9.99. The van der Waals surface area contributed by atoms with E-state index in [0.717, 1.165) is 24.0 Å². The number of carbonyl (C=O) groups is 1. The van der Waals surface area contributed by atoms with Crippen molar-refractivity contribution in [1.82, 2.24) is 14.6 Å². The molecule has 29 heavy (non-hydrogen) atoms. The maximum atomic E-state index is 13.0. The summed E-state index contributed by atoms with van der Waals surface area (Å²) in [5.41, 5.74) is 2.23. The zero-order valence-corrected chi connectivity index (χ0v) is 17.1. The molecule has 0 saturated heterocycles. The first-order chi connectivity index (χ1) is 13.8. The lowest BCUT2D eigenvalue weighted by Gasteiger charge is -2.29. The standard InChI is InChI=1S/C20H25N3O5S/c1-13(24)6-8-22-29(26,27)17-5-4-14-7-9-23(11-16(14)10-17)20(25)18-19(15-2-3-15)28-12-21-18/h4-5,10,12-13,15,22,24H,2-3,6-9,11H2,1H3. The van der Waals surface area contributed by atoms with E-state index in [9.17, 15) is 18.3 Å². The van der Waals surface area contributed by atoms with Crippen LogP contribution in [0.5, 0.6) is 0 Å². The van der Waals surface area contributed by atoms with Gasteiger partial charge < -0.3 is 14.4 Å². The molecule has 0 spiro atoms. The molecular formula is C20H25N3O5S. The number of benzene rings is 1. The molecule has 9 heteroatoms. The third kappa shape index (κ3) is 4.36. The van der Waals surface area contributed by atoms with E-state index in [2.05, 4.69) is 9.71 Å². The van der Waals surface area contributed by atoms with Gasteiger partial charge in [-0.15, -0.1) is 0 Å². The van der Waals surface area contributed by atoms with Crippen molar-refractivity contribution in [1.29, 1.82) is 0 Å². The van der Waals surface area contributed by atoms with Gasteiger partial charge in [0.15, 0.2) is 12.1 Å². The second-order valence-electron chi connectivity index (χ2n) is 7.78. The maximum Gasteiger partial charge on any atom is 0.276 e. The molecule has 8 nitrogen and oxygen atoms in total. The minimum Gasteiger partial charge on any atom is -0.447 e. The molecule has 0 radical (unpaired) electrons. The Labute approximate surface area is 170 Å². The number of aliphatic hydroxyl groups is 1. The molecule has 2 aliphatic rings. The molecule has 1 unspecified atom stereocenters. The van der Waals surface area contributed by atoms with E-state index < -0.39 is 16.1 Å². The minimum absolute atomic E-state index is 0.163. The van der Waals surface area contributed by atoms with E-state index in [1.54, 1.807) is 24.0 Å².